The van der Waals surface area contributed by atoms with Crippen molar-refractivity contribution < 1.29 is 8.42 Å². The van der Waals surface area contributed by atoms with E-state index >= 15 is 0 Å². The fourth-order valence-electron chi connectivity index (χ4n) is 3.33. The minimum atomic E-state index is -3.24. The van der Waals surface area contributed by atoms with E-state index in [4.69, 9.17) is 0 Å². The second-order valence-corrected chi connectivity index (χ2v) is 8.76. The summed E-state index contributed by atoms with van der Waals surface area (Å²) in [6.07, 6.45) is 2.10. The molecule has 0 aliphatic rings. The highest BCUT2D eigenvalue weighted by atomic mass is 32.2. The van der Waals surface area contributed by atoms with Crippen LogP contribution in [0, 0.1) is 13.8 Å². The number of fused-ring (bicyclic) bond motifs is 1. The van der Waals surface area contributed by atoms with Gasteiger partial charge in [0.1, 0.15) is 0 Å². The molecule has 0 amide bonds. The van der Waals surface area contributed by atoms with Crippen molar-refractivity contribution >= 4 is 20.9 Å². The van der Waals surface area contributed by atoms with E-state index in [1.807, 2.05) is 37.3 Å². The summed E-state index contributed by atoms with van der Waals surface area (Å²) in [5, 5.41) is 1.19. The minimum Gasteiger partial charge on any atom is -0.358 e. The highest BCUT2D eigenvalue weighted by Crippen LogP contribution is 2.23. The average Bonchev–Trinajstić information content (AvgIpc) is 2.91. The molecule has 3 rings (SSSR count). The minimum absolute atomic E-state index is 0.161. The Bertz CT molecular complexity index is 976. The Morgan fingerprint density at radius 3 is 2.54 bits per heavy atom. The summed E-state index contributed by atoms with van der Waals surface area (Å²) in [7, 11) is -3.24. The van der Waals surface area contributed by atoms with E-state index in [1.165, 1.54) is 22.1 Å². The van der Waals surface area contributed by atoms with E-state index in [-0.39, 0.29) is 5.75 Å². The summed E-state index contributed by atoms with van der Waals surface area (Å²) < 4.78 is 27.2. The van der Waals surface area contributed by atoms with Crippen LogP contribution < -0.4 is 4.72 Å². The van der Waals surface area contributed by atoms with Gasteiger partial charge in [-0.05, 0) is 56.4 Å². The van der Waals surface area contributed by atoms with Crippen LogP contribution in [0.25, 0.3) is 10.9 Å². The van der Waals surface area contributed by atoms with E-state index < -0.39 is 10.0 Å². The third-order valence-corrected chi connectivity index (χ3v) is 6.16. The lowest BCUT2D eigenvalue weighted by Crippen LogP contribution is -2.28. The standard InChI is InChI=1S/C21H26N2O2S/c1-16-10-11-21-20(15-16)19(17(2)23-21)12-13-22-26(24,25)14-6-9-18-7-4-3-5-8-18/h3-5,7-8,10-11,15,22-23H,6,9,12-14H2,1-2H3. The summed E-state index contributed by atoms with van der Waals surface area (Å²) >= 11 is 0. The molecular weight excluding hydrogens is 344 g/mol. The number of sulfonamides is 1. The number of aromatic amines is 1. The zero-order valence-electron chi connectivity index (χ0n) is 15.4. The SMILES string of the molecule is Cc1ccc2[nH]c(C)c(CCNS(=O)(=O)CCCc3ccccc3)c2c1. The molecule has 0 spiro atoms. The summed E-state index contributed by atoms with van der Waals surface area (Å²) in [6.45, 7) is 4.54. The molecule has 0 aliphatic heterocycles. The first-order valence-electron chi connectivity index (χ1n) is 9.04. The van der Waals surface area contributed by atoms with Crippen LogP contribution in [0.4, 0.5) is 0 Å². The maximum Gasteiger partial charge on any atom is 0.211 e. The van der Waals surface area contributed by atoms with Gasteiger partial charge >= 0.3 is 0 Å². The molecule has 0 aliphatic carbocycles. The van der Waals surface area contributed by atoms with Crippen molar-refractivity contribution in [3.8, 4) is 0 Å². The molecule has 2 N–H and O–H groups in total. The first kappa shape index (κ1) is 18.7. The van der Waals surface area contributed by atoms with Gasteiger partial charge in [-0.2, -0.15) is 0 Å². The molecule has 0 saturated heterocycles. The number of rotatable bonds is 8. The van der Waals surface area contributed by atoms with Gasteiger partial charge in [-0.25, -0.2) is 13.1 Å². The molecule has 0 bridgehead atoms. The Morgan fingerprint density at radius 2 is 1.77 bits per heavy atom. The van der Waals surface area contributed by atoms with Gasteiger partial charge in [0.15, 0.2) is 0 Å². The van der Waals surface area contributed by atoms with E-state index in [9.17, 15) is 8.42 Å². The number of benzene rings is 2. The highest BCUT2D eigenvalue weighted by molar-refractivity contribution is 7.89. The van der Waals surface area contributed by atoms with Gasteiger partial charge in [-0.15, -0.1) is 0 Å². The zero-order chi connectivity index (χ0) is 18.6. The van der Waals surface area contributed by atoms with Gasteiger partial charge in [-0.1, -0.05) is 42.0 Å². The first-order chi connectivity index (χ1) is 12.4. The third-order valence-electron chi connectivity index (χ3n) is 4.69. The summed E-state index contributed by atoms with van der Waals surface area (Å²) in [4.78, 5) is 3.38. The Hall–Kier alpha value is -2.11. The predicted molar refractivity (Wildman–Crippen MR) is 108 cm³/mol. The monoisotopic (exact) mass is 370 g/mol. The number of aromatic nitrogens is 1. The molecular formula is C21H26N2O2S. The number of nitrogens with one attached hydrogen (secondary N) is 2. The highest BCUT2D eigenvalue weighted by Gasteiger charge is 2.12. The molecule has 138 valence electrons. The Balaban J connectivity index is 1.54. The fourth-order valence-corrected chi connectivity index (χ4v) is 4.41. The van der Waals surface area contributed by atoms with E-state index in [1.54, 1.807) is 0 Å². The molecule has 0 fully saturated rings. The predicted octanol–water partition coefficient (Wildman–Crippen LogP) is 3.88. The van der Waals surface area contributed by atoms with E-state index in [0.717, 1.165) is 17.6 Å². The van der Waals surface area contributed by atoms with Crippen LogP contribution in [0.2, 0.25) is 0 Å². The third kappa shape index (κ3) is 4.74. The molecule has 1 heterocycles. The lowest BCUT2D eigenvalue weighted by atomic mass is 10.1. The van der Waals surface area contributed by atoms with Crippen LogP contribution in [0.5, 0.6) is 0 Å². The van der Waals surface area contributed by atoms with Crippen LogP contribution in [-0.4, -0.2) is 25.7 Å². The Kier molecular flexibility index (Phi) is 5.79. The number of aryl methyl sites for hydroxylation is 3. The summed E-state index contributed by atoms with van der Waals surface area (Å²) in [5.41, 5.74) is 5.78. The van der Waals surface area contributed by atoms with Crippen molar-refractivity contribution in [3.63, 3.8) is 0 Å². The van der Waals surface area contributed by atoms with Crippen molar-refractivity contribution in [1.82, 2.24) is 9.71 Å². The van der Waals surface area contributed by atoms with Crippen molar-refractivity contribution in [2.24, 2.45) is 0 Å². The average molecular weight is 371 g/mol. The largest absolute Gasteiger partial charge is 0.358 e. The molecule has 5 heteroatoms. The molecule has 0 unspecified atom stereocenters. The molecule has 2 aromatic carbocycles. The van der Waals surface area contributed by atoms with Gasteiger partial charge in [0.05, 0.1) is 5.75 Å². The van der Waals surface area contributed by atoms with Crippen LogP contribution in [0.1, 0.15) is 28.8 Å². The van der Waals surface area contributed by atoms with Gasteiger partial charge in [0.25, 0.3) is 0 Å². The molecule has 0 saturated carbocycles. The summed E-state index contributed by atoms with van der Waals surface area (Å²) in [6, 6.07) is 16.3. The summed E-state index contributed by atoms with van der Waals surface area (Å²) in [5.74, 6) is 0.161. The Labute approximate surface area is 155 Å². The Morgan fingerprint density at radius 1 is 1.00 bits per heavy atom. The van der Waals surface area contributed by atoms with Crippen LogP contribution in [-0.2, 0) is 22.9 Å². The number of H-pyrrole nitrogens is 1. The first-order valence-corrected chi connectivity index (χ1v) is 10.7. The van der Waals surface area contributed by atoms with Crippen LogP contribution in [0.15, 0.2) is 48.5 Å². The molecule has 0 radical (unpaired) electrons. The van der Waals surface area contributed by atoms with Gasteiger partial charge in [0, 0.05) is 23.1 Å². The van der Waals surface area contributed by atoms with Crippen molar-refractivity contribution in [1.29, 1.82) is 0 Å². The maximum absolute atomic E-state index is 12.2. The fraction of sp³-hybridized carbons (Fsp3) is 0.333. The van der Waals surface area contributed by atoms with Crippen molar-refractivity contribution in [2.75, 3.05) is 12.3 Å². The number of hydrogen-bond donors (Lipinski definition) is 2. The molecule has 4 nitrogen and oxygen atoms in total. The maximum atomic E-state index is 12.2. The van der Waals surface area contributed by atoms with Gasteiger partial charge in [0.2, 0.25) is 10.0 Å². The van der Waals surface area contributed by atoms with Gasteiger partial charge in [-0.3, -0.25) is 0 Å². The quantitative estimate of drug-likeness (QED) is 0.632. The normalized spacial score (nSPS) is 11.9. The van der Waals surface area contributed by atoms with E-state index in [2.05, 4.69) is 34.8 Å². The van der Waals surface area contributed by atoms with Gasteiger partial charge < -0.3 is 4.98 Å². The van der Waals surface area contributed by atoms with Crippen molar-refractivity contribution in [3.05, 3.63) is 70.9 Å². The lowest BCUT2D eigenvalue weighted by Gasteiger charge is -2.07. The molecule has 0 atom stereocenters. The lowest BCUT2D eigenvalue weighted by molar-refractivity contribution is 0.579. The van der Waals surface area contributed by atoms with Crippen LogP contribution in [0.3, 0.4) is 0 Å². The smallest absolute Gasteiger partial charge is 0.211 e. The van der Waals surface area contributed by atoms with Crippen molar-refractivity contribution in [2.45, 2.75) is 33.1 Å². The molecule has 1 aromatic heterocycles. The zero-order valence-corrected chi connectivity index (χ0v) is 16.2. The van der Waals surface area contributed by atoms with E-state index in [0.29, 0.717) is 19.4 Å². The number of hydrogen-bond acceptors (Lipinski definition) is 2. The topological polar surface area (TPSA) is 62.0 Å². The molecule has 3 aromatic rings. The molecule has 26 heavy (non-hydrogen) atoms. The van der Waals surface area contributed by atoms with Crippen LogP contribution >= 0.6 is 0 Å². The second-order valence-electron chi connectivity index (χ2n) is 6.83. The second kappa shape index (κ2) is 8.06.